The zero-order valence-corrected chi connectivity index (χ0v) is 12.8. The number of fused-ring (bicyclic) bond motifs is 2. The van der Waals surface area contributed by atoms with Crippen LogP contribution < -0.4 is 10.6 Å². The van der Waals surface area contributed by atoms with E-state index in [4.69, 9.17) is 0 Å². The molecule has 2 atom stereocenters. The van der Waals surface area contributed by atoms with E-state index >= 15 is 0 Å². The number of aromatic nitrogens is 1. The smallest absolute Gasteiger partial charge is 0.270 e. The van der Waals surface area contributed by atoms with Crippen LogP contribution in [-0.4, -0.2) is 48.0 Å². The molecule has 2 aliphatic heterocycles. The van der Waals surface area contributed by atoms with Gasteiger partial charge in [-0.15, -0.1) is 0 Å². The van der Waals surface area contributed by atoms with E-state index in [1.54, 1.807) is 12.3 Å². The van der Waals surface area contributed by atoms with E-state index in [1.165, 1.54) is 19.3 Å². The molecule has 2 fully saturated rings. The molecule has 2 unspecified atom stereocenters. The van der Waals surface area contributed by atoms with Crippen molar-refractivity contribution < 1.29 is 4.79 Å². The second-order valence-corrected chi connectivity index (χ2v) is 6.23. The molecule has 5 heteroatoms. The van der Waals surface area contributed by atoms with Crippen LogP contribution in [0.25, 0.3) is 0 Å². The number of rotatable bonds is 3. The van der Waals surface area contributed by atoms with Crippen LogP contribution in [0.5, 0.6) is 0 Å². The summed E-state index contributed by atoms with van der Waals surface area (Å²) >= 11 is 0. The topological polar surface area (TPSA) is 57.3 Å². The molecule has 2 aliphatic rings. The number of anilines is 1. The zero-order valence-electron chi connectivity index (χ0n) is 12.8. The number of piperidine rings is 2. The third kappa shape index (κ3) is 3.02. The molecule has 0 spiro atoms. The number of carbonyl (C=O) groups excluding carboxylic acids is 1. The molecule has 0 radical (unpaired) electrons. The van der Waals surface area contributed by atoms with E-state index in [2.05, 4.69) is 27.6 Å². The summed E-state index contributed by atoms with van der Waals surface area (Å²) < 4.78 is 0. The van der Waals surface area contributed by atoms with Gasteiger partial charge >= 0.3 is 0 Å². The molecule has 1 aromatic heterocycles. The molecule has 3 heterocycles. The van der Waals surface area contributed by atoms with Gasteiger partial charge in [-0.05, 0) is 44.9 Å². The summed E-state index contributed by atoms with van der Waals surface area (Å²) in [6.45, 7) is 0. The summed E-state index contributed by atoms with van der Waals surface area (Å²) in [6.07, 6.45) is 7.63. The average molecular weight is 288 g/mol. The monoisotopic (exact) mass is 288 g/mol. The fraction of sp³-hybridized carbons (Fsp3) is 0.625. The first-order chi connectivity index (χ1) is 10.2. The second-order valence-electron chi connectivity index (χ2n) is 6.23. The van der Waals surface area contributed by atoms with Gasteiger partial charge < -0.3 is 15.5 Å². The number of nitrogens with one attached hydrogen (secondary N) is 2. The predicted octanol–water partition coefficient (Wildman–Crippen LogP) is 1.87. The quantitative estimate of drug-likeness (QED) is 0.891. The maximum Gasteiger partial charge on any atom is 0.270 e. The summed E-state index contributed by atoms with van der Waals surface area (Å²) in [5.41, 5.74) is 1.40. The molecule has 1 aromatic rings. The summed E-state index contributed by atoms with van der Waals surface area (Å²) in [5.74, 6) is -0.0558. The van der Waals surface area contributed by atoms with Crippen molar-refractivity contribution in [2.45, 2.75) is 50.2 Å². The molecule has 5 nitrogen and oxygen atoms in total. The summed E-state index contributed by atoms with van der Waals surface area (Å²) in [7, 11) is 4.07. The number of pyridine rings is 1. The number of nitrogens with zero attached hydrogens (tertiary/aromatic N) is 2. The largest absolute Gasteiger partial charge is 0.388 e. The Morgan fingerprint density at radius 3 is 2.71 bits per heavy atom. The first-order valence-electron chi connectivity index (χ1n) is 7.84. The highest BCUT2D eigenvalue weighted by Gasteiger charge is 2.36. The van der Waals surface area contributed by atoms with Crippen LogP contribution in [0.3, 0.4) is 0 Å². The lowest BCUT2D eigenvalue weighted by Gasteiger charge is -2.47. The van der Waals surface area contributed by atoms with E-state index < -0.39 is 0 Å². The highest BCUT2D eigenvalue weighted by atomic mass is 16.1. The lowest BCUT2D eigenvalue weighted by Crippen LogP contribution is -2.55. The van der Waals surface area contributed by atoms with Crippen LogP contribution in [-0.2, 0) is 0 Å². The van der Waals surface area contributed by atoms with Gasteiger partial charge in [0, 0.05) is 37.1 Å². The van der Waals surface area contributed by atoms with Crippen molar-refractivity contribution in [2.75, 3.05) is 19.4 Å². The van der Waals surface area contributed by atoms with Gasteiger partial charge in [0.25, 0.3) is 5.91 Å². The van der Waals surface area contributed by atoms with Crippen molar-refractivity contribution in [2.24, 2.45) is 0 Å². The molecule has 0 aliphatic carbocycles. The minimum atomic E-state index is -0.0558. The highest BCUT2D eigenvalue weighted by Crippen LogP contribution is 2.32. The third-order valence-electron chi connectivity index (χ3n) is 4.96. The van der Waals surface area contributed by atoms with Crippen LogP contribution in [0.15, 0.2) is 18.3 Å². The standard InChI is InChI=1S/C16H24N4O/c1-17-11-6-7-18-15(10-11)16(21)19-12-8-13-4-3-5-14(9-12)20(13)2/h6-7,10,12-14H,3-5,8-9H2,1-2H3,(H,17,18)(H,19,21). The Labute approximate surface area is 126 Å². The predicted molar refractivity (Wildman–Crippen MR) is 83.5 cm³/mol. The second kappa shape index (κ2) is 6.02. The van der Waals surface area contributed by atoms with Crippen LogP contribution >= 0.6 is 0 Å². The van der Waals surface area contributed by atoms with Crippen molar-refractivity contribution in [1.29, 1.82) is 0 Å². The van der Waals surface area contributed by atoms with Crippen LogP contribution in [0.1, 0.15) is 42.6 Å². The minimum Gasteiger partial charge on any atom is -0.388 e. The summed E-state index contributed by atoms with van der Waals surface area (Å²) in [6, 6.07) is 5.19. The van der Waals surface area contributed by atoms with E-state index in [0.717, 1.165) is 18.5 Å². The molecule has 2 N–H and O–H groups in total. The Bertz CT molecular complexity index is 505. The minimum absolute atomic E-state index is 0.0558. The number of hydrogen-bond acceptors (Lipinski definition) is 4. The van der Waals surface area contributed by atoms with E-state index in [0.29, 0.717) is 17.8 Å². The molecule has 1 amide bonds. The molecule has 21 heavy (non-hydrogen) atoms. The molecule has 0 saturated carbocycles. The van der Waals surface area contributed by atoms with Crippen molar-refractivity contribution in [3.8, 4) is 0 Å². The van der Waals surface area contributed by atoms with E-state index in [-0.39, 0.29) is 11.9 Å². The Kier molecular flexibility index (Phi) is 4.10. The van der Waals surface area contributed by atoms with Gasteiger partial charge in [0.15, 0.2) is 0 Å². The molecule has 0 aromatic carbocycles. The van der Waals surface area contributed by atoms with Crippen LogP contribution in [0, 0.1) is 0 Å². The van der Waals surface area contributed by atoms with E-state index in [9.17, 15) is 4.79 Å². The van der Waals surface area contributed by atoms with Crippen molar-refractivity contribution in [3.63, 3.8) is 0 Å². The van der Waals surface area contributed by atoms with Gasteiger partial charge in [0.1, 0.15) is 5.69 Å². The van der Waals surface area contributed by atoms with Gasteiger partial charge in [-0.1, -0.05) is 6.42 Å². The number of carbonyl (C=O) groups is 1. The van der Waals surface area contributed by atoms with E-state index in [1.807, 2.05) is 13.1 Å². The Morgan fingerprint density at radius 2 is 2.05 bits per heavy atom. The van der Waals surface area contributed by atoms with Gasteiger partial charge in [-0.3, -0.25) is 9.78 Å². The number of amides is 1. The van der Waals surface area contributed by atoms with Gasteiger partial charge in [-0.25, -0.2) is 0 Å². The highest BCUT2D eigenvalue weighted by molar-refractivity contribution is 5.93. The summed E-state index contributed by atoms with van der Waals surface area (Å²) in [5, 5.41) is 6.22. The van der Waals surface area contributed by atoms with Gasteiger partial charge in [-0.2, -0.15) is 0 Å². The molecule has 2 saturated heterocycles. The first-order valence-corrected chi connectivity index (χ1v) is 7.84. The van der Waals surface area contributed by atoms with Crippen molar-refractivity contribution >= 4 is 11.6 Å². The average Bonchev–Trinajstić information content (AvgIpc) is 2.48. The molecule has 114 valence electrons. The lowest BCUT2D eigenvalue weighted by molar-refractivity contribution is 0.0462. The lowest BCUT2D eigenvalue weighted by atomic mass is 9.82. The van der Waals surface area contributed by atoms with Crippen molar-refractivity contribution in [1.82, 2.24) is 15.2 Å². The van der Waals surface area contributed by atoms with Gasteiger partial charge in [0.05, 0.1) is 0 Å². The Balaban J connectivity index is 1.65. The van der Waals surface area contributed by atoms with Crippen LogP contribution in [0.2, 0.25) is 0 Å². The third-order valence-corrected chi connectivity index (χ3v) is 4.96. The zero-order chi connectivity index (χ0) is 14.8. The molecular weight excluding hydrogens is 264 g/mol. The number of hydrogen-bond donors (Lipinski definition) is 2. The maximum atomic E-state index is 12.4. The maximum absolute atomic E-state index is 12.4. The molecule has 3 rings (SSSR count). The normalized spacial score (nSPS) is 29.0. The fourth-order valence-electron chi connectivity index (χ4n) is 3.70. The molecular formula is C16H24N4O. The van der Waals surface area contributed by atoms with Crippen molar-refractivity contribution in [3.05, 3.63) is 24.0 Å². The SMILES string of the molecule is CNc1ccnc(C(=O)NC2CC3CCCC(C2)N3C)c1. The molecule has 2 bridgehead atoms. The Morgan fingerprint density at radius 1 is 1.33 bits per heavy atom. The summed E-state index contributed by atoms with van der Waals surface area (Å²) in [4.78, 5) is 19.1. The fourth-order valence-corrected chi connectivity index (χ4v) is 3.70. The Hall–Kier alpha value is -1.62. The van der Waals surface area contributed by atoms with Gasteiger partial charge in [0.2, 0.25) is 0 Å². The van der Waals surface area contributed by atoms with Crippen LogP contribution in [0.4, 0.5) is 5.69 Å². The first kappa shape index (κ1) is 14.3.